The molecule has 0 unspecified atom stereocenters. The average molecular weight is 385 g/mol. The quantitative estimate of drug-likeness (QED) is 0.642. The second-order valence-electron chi connectivity index (χ2n) is 5.48. The fourth-order valence-corrected chi connectivity index (χ4v) is 3.73. The Kier molecular flexibility index (Phi) is 6.29. The summed E-state index contributed by atoms with van der Waals surface area (Å²) in [5, 5.41) is 1.75. The molecule has 26 heavy (non-hydrogen) atoms. The van der Waals surface area contributed by atoms with Gasteiger partial charge in [-0.15, -0.1) is 0 Å². The first-order valence-corrected chi connectivity index (χ1v) is 9.11. The number of benzene rings is 1. The Balaban J connectivity index is 2.17. The molecule has 10 nitrogen and oxygen atoms in total. The van der Waals surface area contributed by atoms with Crippen molar-refractivity contribution in [1.29, 1.82) is 0 Å². The standard InChI is InChI=1S/C15H19N3O7S/c1-10-2-3-11(26(22,23)18-4-6-24-7-5-18)8-12(10)14(20)25-9-13(19)17-15(16)21/h2-3,8H,4-7,9H2,1H3,(H3,16,17,19,21). The average Bonchev–Trinajstić information content (AvgIpc) is 2.60. The van der Waals surface area contributed by atoms with Crippen molar-refractivity contribution in [2.75, 3.05) is 32.9 Å². The van der Waals surface area contributed by atoms with E-state index in [2.05, 4.69) is 0 Å². The molecule has 1 aromatic carbocycles. The van der Waals surface area contributed by atoms with Gasteiger partial charge in [0.15, 0.2) is 6.61 Å². The fourth-order valence-electron chi connectivity index (χ4n) is 2.30. The van der Waals surface area contributed by atoms with Crippen LogP contribution in [-0.2, 0) is 24.3 Å². The van der Waals surface area contributed by atoms with Crippen molar-refractivity contribution in [2.24, 2.45) is 5.73 Å². The number of carbonyl (C=O) groups is 3. The number of nitrogens with zero attached hydrogens (tertiary/aromatic N) is 1. The molecule has 0 bridgehead atoms. The number of esters is 1. The van der Waals surface area contributed by atoms with Crippen molar-refractivity contribution >= 4 is 27.9 Å². The molecule has 3 amide bonds. The van der Waals surface area contributed by atoms with Gasteiger partial charge in [0.1, 0.15) is 0 Å². The van der Waals surface area contributed by atoms with Crippen molar-refractivity contribution in [3.8, 4) is 0 Å². The molecule has 3 N–H and O–H groups in total. The number of sulfonamides is 1. The number of amides is 3. The Morgan fingerprint density at radius 1 is 1.27 bits per heavy atom. The van der Waals surface area contributed by atoms with Crippen LogP contribution in [0.5, 0.6) is 0 Å². The van der Waals surface area contributed by atoms with Crippen molar-refractivity contribution in [2.45, 2.75) is 11.8 Å². The lowest BCUT2D eigenvalue weighted by atomic mass is 10.1. The number of morpholine rings is 1. The zero-order valence-electron chi connectivity index (χ0n) is 14.1. The monoisotopic (exact) mass is 385 g/mol. The third-order valence-corrected chi connectivity index (χ3v) is 5.53. The van der Waals surface area contributed by atoms with Crippen LogP contribution in [0.25, 0.3) is 0 Å². The number of nitrogens with two attached hydrogens (primary N) is 1. The first kappa shape index (κ1) is 19.8. The molecular weight excluding hydrogens is 366 g/mol. The van der Waals surface area contributed by atoms with Crippen molar-refractivity contribution in [3.05, 3.63) is 29.3 Å². The van der Waals surface area contributed by atoms with Gasteiger partial charge in [0, 0.05) is 13.1 Å². The van der Waals surface area contributed by atoms with Gasteiger partial charge in [-0.1, -0.05) is 6.07 Å². The molecular formula is C15H19N3O7S. The van der Waals surface area contributed by atoms with Crippen LogP contribution in [-0.4, -0.2) is 63.5 Å². The van der Waals surface area contributed by atoms with Gasteiger partial charge in [-0.2, -0.15) is 4.31 Å². The van der Waals surface area contributed by atoms with Crippen LogP contribution in [0.15, 0.2) is 23.1 Å². The number of hydrogen-bond acceptors (Lipinski definition) is 7. The van der Waals surface area contributed by atoms with E-state index in [0.29, 0.717) is 18.8 Å². The normalized spacial score (nSPS) is 15.3. The number of aryl methyl sites for hydroxylation is 1. The lowest BCUT2D eigenvalue weighted by Gasteiger charge is -2.26. The van der Waals surface area contributed by atoms with Gasteiger partial charge >= 0.3 is 12.0 Å². The fraction of sp³-hybridized carbons (Fsp3) is 0.400. The largest absolute Gasteiger partial charge is 0.452 e. The van der Waals surface area contributed by atoms with Gasteiger partial charge in [-0.05, 0) is 24.6 Å². The van der Waals surface area contributed by atoms with E-state index < -0.39 is 34.5 Å². The van der Waals surface area contributed by atoms with Crippen molar-refractivity contribution < 1.29 is 32.3 Å². The molecule has 142 valence electrons. The van der Waals surface area contributed by atoms with Gasteiger partial charge in [0.05, 0.1) is 23.7 Å². The highest BCUT2D eigenvalue weighted by molar-refractivity contribution is 7.89. The highest BCUT2D eigenvalue weighted by Gasteiger charge is 2.27. The van der Waals surface area contributed by atoms with Gasteiger partial charge in [0.25, 0.3) is 5.91 Å². The number of urea groups is 1. The van der Waals surface area contributed by atoms with E-state index in [0.717, 1.165) is 0 Å². The van der Waals surface area contributed by atoms with Gasteiger partial charge in [-0.3, -0.25) is 10.1 Å². The van der Waals surface area contributed by atoms with E-state index in [-0.39, 0.29) is 23.5 Å². The smallest absolute Gasteiger partial charge is 0.338 e. The predicted molar refractivity (Wildman–Crippen MR) is 88.8 cm³/mol. The molecule has 0 radical (unpaired) electrons. The summed E-state index contributed by atoms with van der Waals surface area (Å²) in [5.41, 5.74) is 5.27. The number of ether oxygens (including phenoxy) is 2. The number of carbonyl (C=O) groups excluding carboxylic acids is 3. The Morgan fingerprint density at radius 2 is 1.92 bits per heavy atom. The highest BCUT2D eigenvalue weighted by Crippen LogP contribution is 2.21. The topological polar surface area (TPSA) is 145 Å². The van der Waals surface area contributed by atoms with Crippen LogP contribution in [0, 0.1) is 6.92 Å². The molecule has 1 saturated heterocycles. The first-order chi connectivity index (χ1) is 12.2. The zero-order chi connectivity index (χ0) is 19.3. The molecule has 0 saturated carbocycles. The molecule has 1 aliphatic heterocycles. The first-order valence-electron chi connectivity index (χ1n) is 7.67. The summed E-state index contributed by atoms with van der Waals surface area (Å²) >= 11 is 0. The minimum atomic E-state index is -3.78. The number of imide groups is 1. The van der Waals surface area contributed by atoms with Gasteiger partial charge in [0.2, 0.25) is 10.0 Å². The summed E-state index contributed by atoms with van der Waals surface area (Å²) in [6, 6.07) is 3.01. The van der Waals surface area contributed by atoms with Crippen LogP contribution in [0.2, 0.25) is 0 Å². The Hall–Kier alpha value is -2.50. The maximum absolute atomic E-state index is 12.7. The summed E-state index contributed by atoms with van der Waals surface area (Å²) in [4.78, 5) is 34.0. The minimum Gasteiger partial charge on any atom is -0.452 e. The molecule has 0 spiro atoms. The summed E-state index contributed by atoms with van der Waals surface area (Å²) in [6.45, 7) is 1.93. The summed E-state index contributed by atoms with van der Waals surface area (Å²) in [5.74, 6) is -1.78. The number of nitrogens with one attached hydrogen (secondary N) is 1. The molecule has 1 aliphatic rings. The van der Waals surface area contributed by atoms with E-state index in [1.54, 1.807) is 12.2 Å². The molecule has 0 aromatic heterocycles. The van der Waals surface area contributed by atoms with E-state index in [1.807, 2.05) is 0 Å². The molecule has 0 aliphatic carbocycles. The van der Waals surface area contributed by atoms with Crippen LogP contribution in [0.1, 0.15) is 15.9 Å². The maximum atomic E-state index is 12.7. The van der Waals surface area contributed by atoms with Gasteiger partial charge in [-0.25, -0.2) is 18.0 Å². The van der Waals surface area contributed by atoms with E-state index >= 15 is 0 Å². The second kappa shape index (κ2) is 8.25. The van der Waals surface area contributed by atoms with E-state index in [4.69, 9.17) is 15.2 Å². The molecule has 1 heterocycles. The number of rotatable bonds is 5. The van der Waals surface area contributed by atoms with Crippen LogP contribution >= 0.6 is 0 Å². The number of primary amides is 1. The Bertz CT molecular complexity index is 817. The second-order valence-corrected chi connectivity index (χ2v) is 7.42. The molecule has 0 atom stereocenters. The number of hydrogen-bond donors (Lipinski definition) is 2. The lowest BCUT2D eigenvalue weighted by molar-refractivity contribution is -0.123. The third-order valence-electron chi connectivity index (χ3n) is 3.63. The van der Waals surface area contributed by atoms with Crippen molar-refractivity contribution in [3.63, 3.8) is 0 Å². The van der Waals surface area contributed by atoms with Crippen LogP contribution < -0.4 is 11.1 Å². The van der Waals surface area contributed by atoms with E-state index in [1.165, 1.54) is 22.5 Å². The Labute approximate surface area is 150 Å². The zero-order valence-corrected chi connectivity index (χ0v) is 14.9. The lowest BCUT2D eigenvalue weighted by Crippen LogP contribution is -2.40. The molecule has 1 aromatic rings. The van der Waals surface area contributed by atoms with Crippen LogP contribution in [0.4, 0.5) is 4.79 Å². The molecule has 1 fully saturated rings. The van der Waals surface area contributed by atoms with Crippen molar-refractivity contribution in [1.82, 2.24) is 9.62 Å². The molecule has 11 heteroatoms. The Morgan fingerprint density at radius 3 is 2.54 bits per heavy atom. The van der Waals surface area contributed by atoms with E-state index in [9.17, 15) is 22.8 Å². The SMILES string of the molecule is Cc1ccc(S(=O)(=O)N2CCOCC2)cc1C(=O)OCC(=O)NC(N)=O. The summed E-state index contributed by atoms with van der Waals surface area (Å²) < 4.78 is 36.5. The maximum Gasteiger partial charge on any atom is 0.338 e. The van der Waals surface area contributed by atoms with Crippen LogP contribution in [0.3, 0.4) is 0 Å². The summed E-state index contributed by atoms with van der Waals surface area (Å²) in [7, 11) is -3.78. The molecule has 2 rings (SSSR count). The van der Waals surface area contributed by atoms with Gasteiger partial charge < -0.3 is 15.2 Å². The predicted octanol–water partition coefficient (Wildman–Crippen LogP) is -0.632. The minimum absolute atomic E-state index is 0.00575. The highest BCUT2D eigenvalue weighted by atomic mass is 32.2. The summed E-state index contributed by atoms with van der Waals surface area (Å²) in [6.07, 6.45) is 0. The third kappa shape index (κ3) is 4.77.